The number of nitrogens with zero attached hydrogens (tertiary/aromatic N) is 5. The van der Waals surface area contributed by atoms with Crippen molar-refractivity contribution in [2.75, 3.05) is 19.0 Å². The summed E-state index contributed by atoms with van der Waals surface area (Å²) in [4.78, 5) is 25.4. The molecule has 8 heteroatoms. The Morgan fingerprint density at radius 2 is 1.93 bits per heavy atom. The molecule has 1 aliphatic heterocycles. The first-order valence-corrected chi connectivity index (χ1v) is 15.6. The highest BCUT2D eigenvalue weighted by molar-refractivity contribution is 6.01. The van der Waals surface area contributed by atoms with Crippen molar-refractivity contribution in [2.45, 2.75) is 52.1 Å². The van der Waals surface area contributed by atoms with Gasteiger partial charge in [-0.2, -0.15) is 0 Å². The number of carbonyl (C=O) groups is 1. The van der Waals surface area contributed by atoms with Crippen LogP contribution in [0, 0.1) is 24.7 Å². The van der Waals surface area contributed by atoms with Gasteiger partial charge in [0.1, 0.15) is 11.3 Å². The van der Waals surface area contributed by atoms with Crippen molar-refractivity contribution in [1.82, 2.24) is 24.0 Å². The van der Waals surface area contributed by atoms with E-state index in [1.807, 2.05) is 38.4 Å². The molecule has 1 amide bonds. The predicted molar refractivity (Wildman–Crippen MR) is 170 cm³/mol. The number of ether oxygens (including phenoxy) is 1. The normalized spacial score (nSPS) is 21.3. The Labute approximate surface area is 251 Å². The molecule has 3 fully saturated rings. The zero-order valence-electron chi connectivity index (χ0n) is 25.3. The number of aryl methyl sites for hydroxylation is 2. The highest BCUT2D eigenvalue weighted by Gasteiger charge is 2.46. The Kier molecular flexibility index (Phi) is 6.03. The van der Waals surface area contributed by atoms with Crippen molar-refractivity contribution in [2.24, 2.45) is 24.8 Å². The average molecular weight is 575 g/mol. The second-order valence-electron chi connectivity index (χ2n) is 12.9. The molecule has 5 aromatic rings. The maximum absolute atomic E-state index is 13.8. The molecule has 2 aromatic carbocycles. The van der Waals surface area contributed by atoms with Gasteiger partial charge in [-0.3, -0.25) is 9.78 Å². The molecule has 3 aromatic heterocycles. The van der Waals surface area contributed by atoms with Gasteiger partial charge in [0.15, 0.2) is 5.82 Å². The fourth-order valence-electron chi connectivity index (χ4n) is 7.67. The fraction of sp³-hybridized carbons (Fsp3) is 0.400. The number of carbonyl (C=O) groups excluding carboxylic acids is 1. The molecule has 2 bridgehead atoms. The van der Waals surface area contributed by atoms with Gasteiger partial charge < -0.3 is 24.1 Å². The monoisotopic (exact) mass is 574 g/mol. The number of aromatic nitrogens is 4. The van der Waals surface area contributed by atoms with Crippen LogP contribution in [-0.4, -0.2) is 49.6 Å². The Bertz CT molecular complexity index is 1900. The molecule has 8 nitrogen and oxygen atoms in total. The summed E-state index contributed by atoms with van der Waals surface area (Å²) in [5.41, 5.74) is 7.65. The number of rotatable bonds is 7. The van der Waals surface area contributed by atoms with E-state index in [4.69, 9.17) is 9.72 Å². The van der Waals surface area contributed by atoms with E-state index in [-0.39, 0.29) is 5.91 Å². The number of hydrogen-bond donors (Lipinski definition) is 1. The number of likely N-dealkylation sites (tertiary alicyclic amines) is 1. The van der Waals surface area contributed by atoms with Crippen molar-refractivity contribution in [1.29, 1.82) is 0 Å². The maximum Gasteiger partial charge on any atom is 0.254 e. The van der Waals surface area contributed by atoms with Gasteiger partial charge in [0.05, 0.1) is 29.5 Å². The Balaban J connectivity index is 1.24. The van der Waals surface area contributed by atoms with Crippen LogP contribution in [0.1, 0.15) is 48.7 Å². The van der Waals surface area contributed by atoms with Crippen LogP contribution in [0.5, 0.6) is 5.75 Å². The van der Waals surface area contributed by atoms with Crippen LogP contribution in [-0.2, 0) is 13.6 Å². The zero-order chi connectivity index (χ0) is 29.4. The van der Waals surface area contributed by atoms with Gasteiger partial charge in [0.2, 0.25) is 0 Å². The molecule has 0 radical (unpaired) electrons. The first-order chi connectivity index (χ1) is 20.9. The summed E-state index contributed by atoms with van der Waals surface area (Å²) < 4.78 is 10.5. The smallest absolute Gasteiger partial charge is 0.254 e. The van der Waals surface area contributed by atoms with Crippen LogP contribution < -0.4 is 10.1 Å². The summed E-state index contributed by atoms with van der Waals surface area (Å²) in [7, 11) is 3.73. The van der Waals surface area contributed by atoms with Gasteiger partial charge in [0, 0.05) is 54.7 Å². The number of methoxy groups -OCH3 is 1. The van der Waals surface area contributed by atoms with Crippen LogP contribution in [0.25, 0.3) is 33.5 Å². The SMILES string of the molecule is COc1cc(C(=O)N2CC3CCC2[C@@H]3C)cc2nc(-c3cc4cccc(Nc5ccnc(C)c5)c4n3CC3CC3)n(C)c12. The number of benzene rings is 2. The van der Waals surface area contributed by atoms with Crippen LogP contribution in [0.4, 0.5) is 11.4 Å². The van der Waals surface area contributed by atoms with Crippen LogP contribution in [0.15, 0.2) is 54.7 Å². The van der Waals surface area contributed by atoms with Gasteiger partial charge >= 0.3 is 0 Å². The van der Waals surface area contributed by atoms with Crippen LogP contribution in [0.3, 0.4) is 0 Å². The molecule has 4 heterocycles. The third kappa shape index (κ3) is 4.29. The minimum absolute atomic E-state index is 0.0939. The summed E-state index contributed by atoms with van der Waals surface area (Å²) >= 11 is 0. The van der Waals surface area contributed by atoms with E-state index in [9.17, 15) is 4.79 Å². The van der Waals surface area contributed by atoms with Crippen molar-refractivity contribution in [3.63, 3.8) is 0 Å². The predicted octanol–water partition coefficient (Wildman–Crippen LogP) is 6.93. The molecule has 43 heavy (non-hydrogen) atoms. The second kappa shape index (κ2) is 9.86. The summed E-state index contributed by atoms with van der Waals surface area (Å²) in [6.07, 6.45) is 6.67. The molecular formula is C35H38N6O2. The lowest BCUT2D eigenvalue weighted by atomic mass is 10.0. The van der Waals surface area contributed by atoms with Gasteiger partial charge in [-0.05, 0) is 86.8 Å². The molecule has 8 rings (SSSR count). The minimum Gasteiger partial charge on any atom is -0.494 e. The number of anilines is 2. The molecule has 220 valence electrons. The molecule has 3 aliphatic rings. The number of imidazole rings is 1. The highest BCUT2D eigenvalue weighted by atomic mass is 16.5. The maximum atomic E-state index is 13.8. The molecule has 2 unspecified atom stereocenters. The standard InChI is InChI=1S/C35H38N6O2/c1-20-14-26(12-13-36-20)37-27-7-5-6-23-16-30(40(32(23)27)18-22-8-9-22)34-38-28-15-25(17-31(43-4)33(28)39(34)3)35(42)41-19-24-10-11-29(41)21(24)2/h5-7,12-17,21-22,24,29H,8-11,18-19H2,1-4H3,(H,36,37)/t21-,24?,29?/m1/s1. The Hall–Kier alpha value is -4.33. The third-order valence-electron chi connectivity index (χ3n) is 10.1. The Morgan fingerprint density at radius 3 is 2.65 bits per heavy atom. The van der Waals surface area contributed by atoms with E-state index in [1.54, 1.807) is 7.11 Å². The van der Waals surface area contributed by atoms with Crippen molar-refractivity contribution < 1.29 is 9.53 Å². The number of hydrogen-bond acceptors (Lipinski definition) is 5. The molecule has 1 saturated heterocycles. The molecule has 2 saturated carbocycles. The van der Waals surface area contributed by atoms with Gasteiger partial charge in [-0.25, -0.2) is 4.98 Å². The topological polar surface area (TPSA) is 77.2 Å². The average Bonchev–Trinajstić information content (AvgIpc) is 3.39. The number of fused-ring (bicyclic) bond motifs is 4. The number of para-hydroxylation sites is 1. The largest absolute Gasteiger partial charge is 0.494 e. The minimum atomic E-state index is 0.0939. The lowest BCUT2D eigenvalue weighted by Gasteiger charge is -2.27. The van der Waals surface area contributed by atoms with E-state index in [0.717, 1.165) is 59.1 Å². The lowest BCUT2D eigenvalue weighted by Crippen LogP contribution is -2.38. The van der Waals surface area contributed by atoms with Crippen LogP contribution in [0.2, 0.25) is 0 Å². The zero-order valence-corrected chi connectivity index (χ0v) is 25.3. The van der Waals surface area contributed by atoms with Gasteiger partial charge in [0.25, 0.3) is 5.91 Å². The highest BCUT2D eigenvalue weighted by Crippen LogP contribution is 2.44. The molecule has 1 N–H and O–H groups in total. The second-order valence-corrected chi connectivity index (χ2v) is 12.9. The third-order valence-corrected chi connectivity index (χ3v) is 10.1. The van der Waals surface area contributed by atoms with Crippen molar-refractivity contribution >= 4 is 39.2 Å². The van der Waals surface area contributed by atoms with Crippen LogP contribution >= 0.6 is 0 Å². The van der Waals surface area contributed by atoms with E-state index in [0.29, 0.717) is 35.1 Å². The van der Waals surface area contributed by atoms with Crippen molar-refractivity contribution in [3.8, 4) is 17.3 Å². The van der Waals surface area contributed by atoms with E-state index in [2.05, 4.69) is 61.6 Å². The summed E-state index contributed by atoms with van der Waals surface area (Å²) in [5, 5.41) is 4.82. The summed E-state index contributed by atoms with van der Waals surface area (Å²) in [5.74, 6) is 3.51. The van der Waals surface area contributed by atoms with Gasteiger partial charge in [-0.1, -0.05) is 19.1 Å². The summed E-state index contributed by atoms with van der Waals surface area (Å²) in [6, 6.07) is 17.0. The lowest BCUT2D eigenvalue weighted by molar-refractivity contribution is 0.0696. The van der Waals surface area contributed by atoms with E-state index >= 15 is 0 Å². The molecule has 0 spiro atoms. The molecule has 2 aliphatic carbocycles. The fourth-order valence-corrected chi connectivity index (χ4v) is 7.67. The quantitative estimate of drug-likeness (QED) is 0.228. The number of piperidine rings is 1. The molecule has 3 atom stereocenters. The Morgan fingerprint density at radius 1 is 1.07 bits per heavy atom. The number of amides is 1. The van der Waals surface area contributed by atoms with Crippen molar-refractivity contribution in [3.05, 3.63) is 66.0 Å². The van der Waals surface area contributed by atoms with E-state index < -0.39 is 0 Å². The first kappa shape index (κ1) is 26.3. The number of pyridine rings is 1. The first-order valence-electron chi connectivity index (χ1n) is 15.6. The number of nitrogens with one attached hydrogen (secondary N) is 1. The van der Waals surface area contributed by atoms with Gasteiger partial charge in [-0.15, -0.1) is 0 Å². The molecular weight excluding hydrogens is 536 g/mol. The van der Waals surface area contributed by atoms with E-state index in [1.165, 1.54) is 30.2 Å². The summed E-state index contributed by atoms with van der Waals surface area (Å²) in [6.45, 7) is 6.10.